The minimum atomic E-state index is 0.754. The fourth-order valence-corrected chi connectivity index (χ4v) is 5.00. The van der Waals surface area contributed by atoms with Crippen molar-refractivity contribution in [3.05, 3.63) is 23.4 Å². The molecule has 4 heteroatoms. The highest BCUT2D eigenvalue weighted by atomic mass is 32.2. The number of hydrogen-bond donors (Lipinski definition) is 1. The first-order valence-electron chi connectivity index (χ1n) is 6.34. The molecule has 1 aliphatic heterocycles. The van der Waals surface area contributed by atoms with Crippen molar-refractivity contribution >= 4 is 29.3 Å². The van der Waals surface area contributed by atoms with Gasteiger partial charge in [0.15, 0.2) is 0 Å². The number of aromatic nitrogens is 1. The molecular formula is C13H18N2S2. The third kappa shape index (κ3) is 2.91. The molecule has 2 nitrogen and oxygen atoms in total. The summed E-state index contributed by atoms with van der Waals surface area (Å²) in [7, 11) is 0. The first-order chi connectivity index (χ1) is 8.42. The van der Waals surface area contributed by atoms with Crippen LogP contribution >= 0.6 is 23.5 Å². The van der Waals surface area contributed by atoms with Crippen LogP contribution in [0, 0.1) is 0 Å². The van der Waals surface area contributed by atoms with Crippen LogP contribution in [0.15, 0.2) is 12.1 Å². The van der Waals surface area contributed by atoms with Crippen LogP contribution in [0.1, 0.15) is 17.7 Å². The predicted molar refractivity (Wildman–Crippen MR) is 78.3 cm³/mol. The molecule has 1 aromatic rings. The molecule has 2 heterocycles. The SMILES string of the molecule is c1cc2c(nc1NCC1CSCCS1)CCC2. The molecule has 3 rings (SSSR count). The van der Waals surface area contributed by atoms with Gasteiger partial charge in [0.25, 0.3) is 0 Å². The lowest BCUT2D eigenvalue weighted by molar-refractivity contribution is 0.898. The van der Waals surface area contributed by atoms with Gasteiger partial charge in [0.05, 0.1) is 0 Å². The fourth-order valence-electron chi connectivity index (χ4n) is 2.39. The summed E-state index contributed by atoms with van der Waals surface area (Å²) in [5.41, 5.74) is 2.78. The molecule has 2 aliphatic rings. The van der Waals surface area contributed by atoms with E-state index in [-0.39, 0.29) is 0 Å². The highest BCUT2D eigenvalue weighted by Gasteiger charge is 2.15. The van der Waals surface area contributed by atoms with Gasteiger partial charge in [0, 0.05) is 34.7 Å². The van der Waals surface area contributed by atoms with Crippen LogP contribution in [0.25, 0.3) is 0 Å². The number of hydrogen-bond acceptors (Lipinski definition) is 4. The molecular weight excluding hydrogens is 248 g/mol. The van der Waals surface area contributed by atoms with Gasteiger partial charge in [0.1, 0.15) is 5.82 Å². The van der Waals surface area contributed by atoms with Crippen molar-refractivity contribution in [2.75, 3.05) is 29.1 Å². The standard InChI is InChI=1S/C13H18N2S2/c1-2-10-4-5-13(15-12(10)3-1)14-8-11-9-16-6-7-17-11/h4-5,11H,1-3,6-9H2,(H,14,15). The summed E-state index contributed by atoms with van der Waals surface area (Å²) in [5.74, 6) is 4.97. The van der Waals surface area contributed by atoms with Gasteiger partial charge in [-0.25, -0.2) is 4.98 Å². The van der Waals surface area contributed by atoms with Crippen LogP contribution in [0.5, 0.6) is 0 Å². The quantitative estimate of drug-likeness (QED) is 0.909. The molecule has 1 atom stereocenters. The van der Waals surface area contributed by atoms with Crippen LogP contribution < -0.4 is 5.32 Å². The summed E-state index contributed by atoms with van der Waals surface area (Å²) in [6.45, 7) is 1.06. The van der Waals surface area contributed by atoms with E-state index in [1.54, 1.807) is 0 Å². The molecule has 1 aliphatic carbocycles. The van der Waals surface area contributed by atoms with Crippen LogP contribution in [-0.2, 0) is 12.8 Å². The highest BCUT2D eigenvalue weighted by molar-refractivity contribution is 8.06. The van der Waals surface area contributed by atoms with Crippen molar-refractivity contribution in [2.45, 2.75) is 24.5 Å². The Labute approximate surface area is 111 Å². The van der Waals surface area contributed by atoms with E-state index in [0.29, 0.717) is 0 Å². The molecule has 0 bridgehead atoms. The second kappa shape index (κ2) is 5.53. The number of nitrogens with one attached hydrogen (secondary N) is 1. The van der Waals surface area contributed by atoms with Crippen LogP contribution in [0.4, 0.5) is 5.82 Å². The third-order valence-corrected chi connectivity index (χ3v) is 6.17. The predicted octanol–water partition coefficient (Wildman–Crippen LogP) is 2.83. The number of fused-ring (bicyclic) bond motifs is 1. The molecule has 0 radical (unpaired) electrons. The molecule has 0 spiro atoms. The zero-order chi connectivity index (χ0) is 11.5. The number of thioether (sulfide) groups is 2. The van der Waals surface area contributed by atoms with Crippen LogP contribution in [0.3, 0.4) is 0 Å². The van der Waals surface area contributed by atoms with Crippen molar-refractivity contribution in [2.24, 2.45) is 0 Å². The van der Waals surface area contributed by atoms with Gasteiger partial charge in [-0.05, 0) is 30.9 Å². The number of nitrogens with zero attached hydrogens (tertiary/aromatic N) is 1. The second-order valence-electron chi connectivity index (χ2n) is 4.60. The van der Waals surface area contributed by atoms with Crippen LogP contribution in [0.2, 0.25) is 0 Å². The lowest BCUT2D eigenvalue weighted by Crippen LogP contribution is -2.23. The average Bonchev–Trinajstić information content (AvgIpc) is 2.85. The lowest BCUT2D eigenvalue weighted by Gasteiger charge is -2.21. The van der Waals surface area contributed by atoms with E-state index < -0.39 is 0 Å². The third-order valence-electron chi connectivity index (χ3n) is 3.32. The summed E-state index contributed by atoms with van der Waals surface area (Å²) in [6, 6.07) is 4.39. The molecule has 1 unspecified atom stereocenters. The van der Waals surface area contributed by atoms with Crippen LogP contribution in [-0.4, -0.2) is 34.0 Å². The van der Waals surface area contributed by atoms with E-state index in [1.165, 1.54) is 47.8 Å². The topological polar surface area (TPSA) is 24.9 Å². The molecule has 1 saturated heterocycles. The zero-order valence-corrected chi connectivity index (χ0v) is 11.6. The Morgan fingerprint density at radius 1 is 1.29 bits per heavy atom. The van der Waals surface area contributed by atoms with Crippen molar-refractivity contribution in [3.8, 4) is 0 Å². The first-order valence-corrected chi connectivity index (χ1v) is 8.54. The zero-order valence-electron chi connectivity index (χ0n) is 9.95. The van der Waals surface area contributed by atoms with Gasteiger partial charge in [-0.15, -0.1) is 0 Å². The van der Waals surface area contributed by atoms with Crippen molar-refractivity contribution in [1.29, 1.82) is 0 Å². The van der Waals surface area contributed by atoms with Gasteiger partial charge < -0.3 is 5.32 Å². The number of anilines is 1. The lowest BCUT2D eigenvalue weighted by atomic mass is 10.2. The van der Waals surface area contributed by atoms with Gasteiger partial charge in [-0.1, -0.05) is 6.07 Å². The fraction of sp³-hybridized carbons (Fsp3) is 0.615. The molecule has 0 amide bonds. The van der Waals surface area contributed by atoms with Crippen molar-refractivity contribution < 1.29 is 0 Å². The molecule has 17 heavy (non-hydrogen) atoms. The van der Waals surface area contributed by atoms with Gasteiger partial charge in [-0.2, -0.15) is 23.5 Å². The summed E-state index contributed by atoms with van der Waals surface area (Å²) in [4.78, 5) is 4.71. The van der Waals surface area contributed by atoms with E-state index in [4.69, 9.17) is 4.98 Å². The largest absolute Gasteiger partial charge is 0.369 e. The normalized spacial score (nSPS) is 23.4. The van der Waals surface area contributed by atoms with Crippen molar-refractivity contribution in [3.63, 3.8) is 0 Å². The minimum Gasteiger partial charge on any atom is -0.369 e. The minimum absolute atomic E-state index is 0.754. The van der Waals surface area contributed by atoms with Crippen molar-refractivity contribution in [1.82, 2.24) is 4.98 Å². The first kappa shape index (κ1) is 11.7. The maximum absolute atomic E-state index is 4.71. The Morgan fingerprint density at radius 2 is 2.29 bits per heavy atom. The smallest absolute Gasteiger partial charge is 0.126 e. The Hall–Kier alpha value is -0.350. The summed E-state index contributed by atoms with van der Waals surface area (Å²) in [6.07, 6.45) is 3.66. The number of aryl methyl sites for hydroxylation is 2. The Balaban J connectivity index is 1.57. The van der Waals surface area contributed by atoms with E-state index in [1.807, 2.05) is 0 Å². The molecule has 1 aromatic heterocycles. The average molecular weight is 266 g/mol. The van der Waals surface area contributed by atoms with Gasteiger partial charge >= 0.3 is 0 Å². The van der Waals surface area contributed by atoms with Gasteiger partial charge in [-0.3, -0.25) is 0 Å². The summed E-state index contributed by atoms with van der Waals surface area (Å²) < 4.78 is 0. The molecule has 92 valence electrons. The second-order valence-corrected chi connectivity index (χ2v) is 7.16. The Bertz CT molecular complexity index is 389. The molecule has 1 N–H and O–H groups in total. The molecule has 0 aromatic carbocycles. The van der Waals surface area contributed by atoms with E-state index in [2.05, 4.69) is 41.0 Å². The van der Waals surface area contributed by atoms with E-state index in [9.17, 15) is 0 Å². The van der Waals surface area contributed by atoms with E-state index >= 15 is 0 Å². The highest BCUT2D eigenvalue weighted by Crippen LogP contribution is 2.25. The molecule has 1 fully saturated rings. The monoisotopic (exact) mass is 266 g/mol. The van der Waals surface area contributed by atoms with Gasteiger partial charge in [0.2, 0.25) is 0 Å². The number of rotatable bonds is 3. The Morgan fingerprint density at radius 3 is 3.18 bits per heavy atom. The Kier molecular flexibility index (Phi) is 3.81. The maximum atomic E-state index is 4.71. The summed E-state index contributed by atoms with van der Waals surface area (Å²) >= 11 is 4.17. The maximum Gasteiger partial charge on any atom is 0.126 e. The van der Waals surface area contributed by atoms with E-state index in [0.717, 1.165) is 17.6 Å². The summed E-state index contributed by atoms with van der Waals surface area (Å²) in [5, 5.41) is 4.25. The number of pyridine rings is 1. The molecule has 0 saturated carbocycles.